The lowest BCUT2D eigenvalue weighted by Crippen LogP contribution is -2.28. The lowest BCUT2D eigenvalue weighted by Gasteiger charge is -2.18. The zero-order valence-electron chi connectivity index (χ0n) is 17.8. The third-order valence-corrected chi connectivity index (χ3v) is 8.17. The van der Waals surface area contributed by atoms with Crippen molar-refractivity contribution in [2.75, 3.05) is 13.1 Å². The highest BCUT2D eigenvalue weighted by Gasteiger charge is 2.35. The number of halogens is 2. The minimum atomic E-state index is -3.84. The summed E-state index contributed by atoms with van der Waals surface area (Å²) >= 11 is 2.24. The topological polar surface area (TPSA) is 68.6 Å². The Morgan fingerprint density at radius 1 is 1.25 bits per heavy atom. The number of aldehydes is 1. The molecule has 0 spiro atoms. The summed E-state index contributed by atoms with van der Waals surface area (Å²) in [6.45, 7) is 4.46. The van der Waals surface area contributed by atoms with Gasteiger partial charge in [-0.2, -0.15) is 4.31 Å². The van der Waals surface area contributed by atoms with E-state index in [1.807, 2.05) is 22.9 Å². The Morgan fingerprint density at radius 2 is 2.03 bits per heavy atom. The molecule has 170 valence electrons. The van der Waals surface area contributed by atoms with E-state index >= 15 is 0 Å². The summed E-state index contributed by atoms with van der Waals surface area (Å²) in [5.41, 5.74) is 1.99. The Bertz CT molecular complexity index is 1270. The normalized spacial score (nSPS) is 17.3. The average Bonchev–Trinajstić information content (AvgIpc) is 3.35. The lowest BCUT2D eigenvalue weighted by molar-refractivity contribution is -0.108. The first-order valence-corrected chi connectivity index (χ1v) is 12.9. The SMILES string of the molecule is CC(C)Oc1ccc(S(=O)(=O)N2CCC(c3cn(CC=O)c4ccc(I)cc34)C2)cc1F. The van der Waals surface area contributed by atoms with E-state index in [0.29, 0.717) is 19.5 Å². The first-order chi connectivity index (χ1) is 15.2. The predicted molar refractivity (Wildman–Crippen MR) is 129 cm³/mol. The third kappa shape index (κ3) is 4.42. The molecule has 1 saturated heterocycles. The van der Waals surface area contributed by atoms with E-state index in [1.165, 1.54) is 16.4 Å². The van der Waals surface area contributed by atoms with Crippen LogP contribution in [0.4, 0.5) is 4.39 Å². The van der Waals surface area contributed by atoms with Crippen LogP contribution in [0.5, 0.6) is 5.75 Å². The van der Waals surface area contributed by atoms with E-state index < -0.39 is 15.8 Å². The second kappa shape index (κ2) is 9.11. The van der Waals surface area contributed by atoms with Crippen molar-refractivity contribution in [2.45, 2.75) is 43.7 Å². The van der Waals surface area contributed by atoms with Crippen LogP contribution < -0.4 is 4.74 Å². The Kier molecular flexibility index (Phi) is 6.60. The maximum absolute atomic E-state index is 14.4. The van der Waals surface area contributed by atoms with Crippen molar-refractivity contribution in [1.82, 2.24) is 8.87 Å². The number of rotatable bonds is 7. The molecule has 2 heterocycles. The van der Waals surface area contributed by atoms with Gasteiger partial charge in [0.1, 0.15) is 6.29 Å². The minimum Gasteiger partial charge on any atom is -0.488 e. The molecule has 6 nitrogen and oxygen atoms in total. The van der Waals surface area contributed by atoms with Gasteiger partial charge in [0, 0.05) is 39.7 Å². The Labute approximate surface area is 200 Å². The van der Waals surface area contributed by atoms with Crippen LogP contribution in [-0.2, 0) is 21.4 Å². The fourth-order valence-corrected chi connectivity index (χ4v) is 6.20. The van der Waals surface area contributed by atoms with Crippen LogP contribution in [0.15, 0.2) is 47.5 Å². The van der Waals surface area contributed by atoms with Crippen LogP contribution in [-0.4, -0.2) is 42.8 Å². The molecule has 0 radical (unpaired) electrons. The highest BCUT2D eigenvalue weighted by molar-refractivity contribution is 14.1. The van der Waals surface area contributed by atoms with Gasteiger partial charge in [-0.05, 0) is 84.8 Å². The summed E-state index contributed by atoms with van der Waals surface area (Å²) in [5, 5.41) is 1.03. The van der Waals surface area contributed by atoms with Gasteiger partial charge in [-0.25, -0.2) is 12.8 Å². The molecule has 0 saturated carbocycles. The molecule has 4 rings (SSSR count). The number of benzene rings is 2. The molecule has 0 amide bonds. The number of carbonyl (C=O) groups is 1. The molecule has 1 unspecified atom stereocenters. The number of ether oxygens (including phenoxy) is 1. The maximum atomic E-state index is 14.4. The molecule has 1 aliphatic heterocycles. The van der Waals surface area contributed by atoms with E-state index in [9.17, 15) is 17.6 Å². The molecule has 0 N–H and O–H groups in total. The van der Waals surface area contributed by atoms with Crippen LogP contribution >= 0.6 is 22.6 Å². The molecule has 1 atom stereocenters. The minimum absolute atomic E-state index is 0.00762. The summed E-state index contributed by atoms with van der Waals surface area (Å²) < 4.78 is 50.5. The van der Waals surface area contributed by atoms with Gasteiger partial charge in [0.05, 0.1) is 17.5 Å². The molecule has 0 bridgehead atoms. The van der Waals surface area contributed by atoms with Gasteiger partial charge in [0.15, 0.2) is 11.6 Å². The number of aromatic nitrogens is 1. The van der Waals surface area contributed by atoms with Crippen molar-refractivity contribution in [2.24, 2.45) is 0 Å². The molecule has 32 heavy (non-hydrogen) atoms. The quantitative estimate of drug-likeness (QED) is 0.309. The number of carbonyl (C=O) groups excluding carboxylic acids is 1. The number of nitrogens with zero attached hydrogens (tertiary/aromatic N) is 2. The van der Waals surface area contributed by atoms with Crippen molar-refractivity contribution in [3.8, 4) is 5.75 Å². The van der Waals surface area contributed by atoms with Gasteiger partial charge in [0.25, 0.3) is 0 Å². The fraction of sp³-hybridized carbons (Fsp3) is 0.348. The fourth-order valence-electron chi connectivity index (χ4n) is 4.19. The molecule has 1 aliphatic rings. The maximum Gasteiger partial charge on any atom is 0.243 e. The number of hydrogen-bond donors (Lipinski definition) is 0. The zero-order valence-corrected chi connectivity index (χ0v) is 20.8. The standard InChI is InChI=1S/C23H24FIN2O4S/c1-15(2)31-23-6-4-18(12-21(23)24)32(29,30)27-8-7-16(13-27)20-14-26(9-10-28)22-5-3-17(25)11-19(20)22/h3-6,10-12,14-16H,7-9,13H2,1-2H3. The lowest BCUT2D eigenvalue weighted by atomic mass is 9.98. The molecule has 2 aromatic carbocycles. The highest BCUT2D eigenvalue weighted by Crippen LogP contribution is 2.37. The summed E-state index contributed by atoms with van der Waals surface area (Å²) in [7, 11) is -3.84. The van der Waals surface area contributed by atoms with E-state index in [0.717, 1.165) is 32.4 Å². The van der Waals surface area contributed by atoms with Gasteiger partial charge >= 0.3 is 0 Å². The van der Waals surface area contributed by atoms with Gasteiger partial charge in [0.2, 0.25) is 10.0 Å². The Balaban J connectivity index is 1.61. The summed E-state index contributed by atoms with van der Waals surface area (Å²) in [6, 6.07) is 9.81. The molecular weight excluding hydrogens is 546 g/mol. The number of fused-ring (bicyclic) bond motifs is 1. The monoisotopic (exact) mass is 570 g/mol. The smallest absolute Gasteiger partial charge is 0.243 e. The van der Waals surface area contributed by atoms with Gasteiger partial charge in [-0.1, -0.05) is 0 Å². The van der Waals surface area contributed by atoms with Crippen LogP contribution in [0, 0.1) is 9.39 Å². The van der Waals surface area contributed by atoms with Crippen molar-refractivity contribution >= 4 is 49.8 Å². The average molecular weight is 570 g/mol. The van der Waals surface area contributed by atoms with Crippen LogP contribution in [0.2, 0.25) is 0 Å². The summed E-state index contributed by atoms with van der Waals surface area (Å²) in [6.07, 6.45) is 3.25. The third-order valence-electron chi connectivity index (χ3n) is 5.64. The van der Waals surface area contributed by atoms with E-state index in [-0.39, 0.29) is 29.2 Å². The molecular formula is C23H24FIN2O4S. The van der Waals surface area contributed by atoms with Crippen LogP contribution in [0.25, 0.3) is 10.9 Å². The molecule has 3 aromatic rings. The molecule has 1 aromatic heterocycles. The van der Waals surface area contributed by atoms with Crippen molar-refractivity contribution < 1.29 is 22.3 Å². The van der Waals surface area contributed by atoms with Crippen LogP contribution in [0.1, 0.15) is 31.7 Å². The van der Waals surface area contributed by atoms with Gasteiger partial charge in [-0.15, -0.1) is 0 Å². The largest absolute Gasteiger partial charge is 0.488 e. The number of sulfonamides is 1. The van der Waals surface area contributed by atoms with Crippen molar-refractivity contribution in [1.29, 1.82) is 0 Å². The Morgan fingerprint density at radius 3 is 2.72 bits per heavy atom. The van der Waals surface area contributed by atoms with Crippen molar-refractivity contribution in [3.63, 3.8) is 0 Å². The molecule has 0 aliphatic carbocycles. The van der Waals surface area contributed by atoms with Crippen molar-refractivity contribution in [3.05, 3.63) is 57.5 Å². The summed E-state index contributed by atoms with van der Waals surface area (Å²) in [4.78, 5) is 11.0. The first-order valence-electron chi connectivity index (χ1n) is 10.4. The number of hydrogen-bond acceptors (Lipinski definition) is 4. The molecule has 9 heteroatoms. The van der Waals surface area contributed by atoms with E-state index in [2.05, 4.69) is 28.7 Å². The zero-order chi connectivity index (χ0) is 23.0. The van der Waals surface area contributed by atoms with E-state index in [1.54, 1.807) is 13.8 Å². The predicted octanol–water partition coefficient (Wildman–Crippen LogP) is 4.55. The molecule has 1 fully saturated rings. The summed E-state index contributed by atoms with van der Waals surface area (Å²) in [5.74, 6) is -0.662. The first kappa shape index (κ1) is 23.2. The van der Waals surface area contributed by atoms with Gasteiger partial charge < -0.3 is 14.1 Å². The van der Waals surface area contributed by atoms with Gasteiger partial charge in [-0.3, -0.25) is 0 Å². The Hall–Kier alpha value is -1.98. The van der Waals surface area contributed by atoms with Crippen LogP contribution in [0.3, 0.4) is 0 Å². The highest BCUT2D eigenvalue weighted by atomic mass is 127. The second-order valence-corrected chi connectivity index (χ2v) is 11.4. The second-order valence-electron chi connectivity index (χ2n) is 8.17. The van der Waals surface area contributed by atoms with E-state index in [4.69, 9.17) is 4.74 Å².